The summed E-state index contributed by atoms with van der Waals surface area (Å²) in [6, 6.07) is 17.5. The zero-order chi connectivity index (χ0) is 27.7. The Hall–Kier alpha value is -3.88. The lowest BCUT2D eigenvalue weighted by molar-refractivity contribution is 0.0707. The Morgan fingerprint density at radius 2 is 1.67 bits per heavy atom. The maximum absolute atomic E-state index is 13.7. The zero-order valence-electron chi connectivity index (χ0n) is 21.0. The molecule has 2 heterocycles. The van der Waals surface area contributed by atoms with Gasteiger partial charge in [0.05, 0.1) is 35.1 Å². The first kappa shape index (κ1) is 26.7. The number of halogens is 3. The van der Waals surface area contributed by atoms with Crippen LogP contribution in [0.2, 0.25) is 10.0 Å². The van der Waals surface area contributed by atoms with Gasteiger partial charge in [-0.25, -0.2) is 9.18 Å². The van der Waals surface area contributed by atoms with Crippen LogP contribution in [-0.4, -0.2) is 39.4 Å². The molecule has 0 bridgehead atoms. The summed E-state index contributed by atoms with van der Waals surface area (Å²) < 4.78 is 21.5. The average molecular weight is 568 g/mol. The average Bonchev–Trinajstić information content (AvgIpc) is 3.25. The third kappa shape index (κ3) is 5.35. The molecular formula is C29H24Cl2FN3O4. The molecule has 4 aromatic rings. The highest BCUT2D eigenvalue weighted by atomic mass is 35.5. The number of ether oxygens (including phenoxy) is 1. The molecule has 3 aromatic carbocycles. The molecule has 0 aliphatic carbocycles. The molecule has 7 nitrogen and oxygen atoms in total. The van der Waals surface area contributed by atoms with Crippen molar-refractivity contribution in [1.82, 2.24) is 14.0 Å². The molecule has 1 aliphatic rings. The van der Waals surface area contributed by atoms with Gasteiger partial charge in [-0.15, -0.1) is 0 Å². The van der Waals surface area contributed by atoms with Crippen LogP contribution >= 0.6 is 23.2 Å². The summed E-state index contributed by atoms with van der Waals surface area (Å²) in [5.41, 5.74) is 1.99. The normalized spacial score (nSPS) is 12.8. The van der Waals surface area contributed by atoms with Gasteiger partial charge >= 0.3 is 5.69 Å². The molecule has 1 aliphatic heterocycles. The van der Waals surface area contributed by atoms with E-state index in [9.17, 15) is 18.8 Å². The van der Waals surface area contributed by atoms with E-state index in [-0.39, 0.29) is 60.0 Å². The van der Waals surface area contributed by atoms with Crippen LogP contribution in [0.3, 0.4) is 0 Å². The number of rotatable bonds is 7. The van der Waals surface area contributed by atoms with Gasteiger partial charge in [0.25, 0.3) is 5.91 Å². The summed E-state index contributed by atoms with van der Waals surface area (Å²) in [6.45, 7) is 0.569. The molecule has 1 aromatic heterocycles. The van der Waals surface area contributed by atoms with Gasteiger partial charge in [-0.1, -0.05) is 35.3 Å². The first-order valence-electron chi connectivity index (χ1n) is 12.3. The second-order valence-electron chi connectivity index (χ2n) is 9.17. The van der Waals surface area contributed by atoms with Crippen molar-refractivity contribution in [1.29, 1.82) is 0 Å². The monoisotopic (exact) mass is 567 g/mol. The molecule has 39 heavy (non-hydrogen) atoms. The number of benzene rings is 3. The number of methoxy groups -OCH3 is 1. The van der Waals surface area contributed by atoms with Crippen molar-refractivity contribution in [3.63, 3.8) is 0 Å². The quantitative estimate of drug-likeness (QED) is 0.274. The van der Waals surface area contributed by atoms with Gasteiger partial charge in [0.1, 0.15) is 17.3 Å². The predicted molar refractivity (Wildman–Crippen MR) is 147 cm³/mol. The van der Waals surface area contributed by atoms with E-state index >= 15 is 0 Å². The number of carbonyl (C=O) groups excluding carboxylic acids is 2. The third-order valence-corrected chi connectivity index (χ3v) is 7.52. The number of fused-ring (bicyclic) bond motifs is 1. The van der Waals surface area contributed by atoms with Crippen LogP contribution in [0.1, 0.15) is 38.5 Å². The SMILES string of the molecule is COc1ccc(-n2c(C(=O)CCc3ccc(F)cc3)c3n(c2=O)CCN(C(=O)c2ccc(Cl)c(Cl)c2)C3)cc1. The minimum atomic E-state index is -0.359. The lowest BCUT2D eigenvalue weighted by Crippen LogP contribution is -2.41. The maximum Gasteiger partial charge on any atom is 0.333 e. The Bertz CT molecular complexity index is 1610. The Morgan fingerprint density at radius 3 is 2.33 bits per heavy atom. The molecule has 0 saturated carbocycles. The van der Waals surface area contributed by atoms with Crippen LogP contribution < -0.4 is 10.4 Å². The second-order valence-corrected chi connectivity index (χ2v) is 9.98. The standard InChI is InChI=1S/C29H24Cl2FN3O4/c1-39-22-10-8-21(9-11-22)35-27(26(36)13-4-18-2-6-20(32)7-3-18)25-17-33(14-15-34(25)29(35)38)28(37)19-5-12-23(30)24(31)16-19/h2-3,5-12,16H,4,13-15,17H2,1H3. The second kappa shape index (κ2) is 11.1. The summed E-state index contributed by atoms with van der Waals surface area (Å²) in [6.07, 6.45) is 0.464. The zero-order valence-corrected chi connectivity index (χ0v) is 22.5. The number of amides is 1. The highest BCUT2D eigenvalue weighted by molar-refractivity contribution is 6.42. The van der Waals surface area contributed by atoms with E-state index in [1.54, 1.807) is 65.1 Å². The molecule has 5 rings (SSSR count). The van der Waals surface area contributed by atoms with Crippen LogP contribution in [-0.2, 0) is 19.5 Å². The first-order valence-corrected chi connectivity index (χ1v) is 13.0. The van der Waals surface area contributed by atoms with Crippen LogP contribution in [0.5, 0.6) is 5.75 Å². The number of imidazole rings is 1. The number of hydrogen-bond acceptors (Lipinski definition) is 4. The Kier molecular flexibility index (Phi) is 7.59. The molecule has 10 heteroatoms. The summed E-state index contributed by atoms with van der Waals surface area (Å²) >= 11 is 12.1. The van der Waals surface area contributed by atoms with Gasteiger partial charge in [-0.2, -0.15) is 0 Å². The van der Waals surface area contributed by atoms with Crippen LogP contribution in [0.15, 0.2) is 71.5 Å². The van der Waals surface area contributed by atoms with Crippen molar-refractivity contribution in [2.45, 2.75) is 25.9 Å². The van der Waals surface area contributed by atoms with Crippen molar-refractivity contribution >= 4 is 34.9 Å². The van der Waals surface area contributed by atoms with E-state index in [0.29, 0.717) is 34.1 Å². The van der Waals surface area contributed by atoms with E-state index in [1.165, 1.54) is 22.8 Å². The van der Waals surface area contributed by atoms with Crippen molar-refractivity contribution in [3.8, 4) is 11.4 Å². The van der Waals surface area contributed by atoms with E-state index in [1.807, 2.05) is 0 Å². The van der Waals surface area contributed by atoms with Crippen LogP contribution in [0.4, 0.5) is 4.39 Å². The molecule has 0 N–H and O–H groups in total. The maximum atomic E-state index is 13.7. The van der Waals surface area contributed by atoms with Gasteiger partial charge in [0.2, 0.25) is 0 Å². The molecule has 0 unspecified atom stereocenters. The predicted octanol–water partition coefficient (Wildman–Crippen LogP) is 5.57. The highest BCUT2D eigenvalue weighted by Crippen LogP contribution is 2.26. The number of carbonyl (C=O) groups is 2. The summed E-state index contributed by atoms with van der Waals surface area (Å²) in [5.74, 6) is -0.288. The topological polar surface area (TPSA) is 73.5 Å². The number of Topliss-reactive ketones (excluding diaryl/α,β-unsaturated/α-hetero) is 1. The number of nitrogens with zero attached hydrogens (tertiary/aromatic N) is 3. The molecule has 0 radical (unpaired) electrons. The van der Waals surface area contributed by atoms with Crippen molar-refractivity contribution in [3.05, 3.63) is 116 Å². The molecule has 0 spiro atoms. The summed E-state index contributed by atoms with van der Waals surface area (Å²) in [4.78, 5) is 42.2. The fourth-order valence-electron chi connectivity index (χ4n) is 4.73. The largest absolute Gasteiger partial charge is 0.497 e. The van der Waals surface area contributed by atoms with Crippen molar-refractivity contribution in [2.75, 3.05) is 13.7 Å². The van der Waals surface area contributed by atoms with Crippen LogP contribution in [0, 0.1) is 5.82 Å². The van der Waals surface area contributed by atoms with E-state index in [2.05, 4.69) is 0 Å². The first-order chi connectivity index (χ1) is 18.8. The van der Waals surface area contributed by atoms with E-state index in [0.717, 1.165) is 5.56 Å². The van der Waals surface area contributed by atoms with E-state index in [4.69, 9.17) is 27.9 Å². The number of aromatic nitrogens is 2. The summed E-state index contributed by atoms with van der Waals surface area (Å²) in [7, 11) is 1.54. The molecule has 200 valence electrons. The summed E-state index contributed by atoms with van der Waals surface area (Å²) in [5, 5.41) is 0.602. The van der Waals surface area contributed by atoms with Gasteiger partial charge in [0.15, 0.2) is 5.78 Å². The molecule has 0 atom stereocenters. The minimum absolute atomic E-state index is 0.0646. The van der Waals surface area contributed by atoms with Gasteiger partial charge < -0.3 is 9.64 Å². The highest BCUT2D eigenvalue weighted by Gasteiger charge is 2.32. The number of hydrogen-bond donors (Lipinski definition) is 0. The minimum Gasteiger partial charge on any atom is -0.497 e. The van der Waals surface area contributed by atoms with Gasteiger partial charge in [-0.3, -0.25) is 18.7 Å². The molecule has 0 saturated heterocycles. The Balaban J connectivity index is 1.53. The molecule has 1 amide bonds. The lowest BCUT2D eigenvalue weighted by Gasteiger charge is -2.28. The Morgan fingerprint density at radius 1 is 0.949 bits per heavy atom. The van der Waals surface area contributed by atoms with Crippen LogP contribution in [0.25, 0.3) is 5.69 Å². The fourth-order valence-corrected chi connectivity index (χ4v) is 5.03. The fraction of sp³-hybridized carbons (Fsp3) is 0.207. The van der Waals surface area contributed by atoms with E-state index < -0.39 is 0 Å². The molecule has 0 fully saturated rings. The van der Waals surface area contributed by atoms with Gasteiger partial charge in [-0.05, 0) is 66.6 Å². The smallest absolute Gasteiger partial charge is 0.333 e. The molecular weight excluding hydrogens is 544 g/mol. The van der Waals surface area contributed by atoms with Crippen molar-refractivity contribution in [2.24, 2.45) is 0 Å². The lowest BCUT2D eigenvalue weighted by atomic mass is 10.0. The van der Waals surface area contributed by atoms with Crippen molar-refractivity contribution < 1.29 is 18.7 Å². The Labute approximate surface area is 233 Å². The third-order valence-electron chi connectivity index (χ3n) is 6.78. The van der Waals surface area contributed by atoms with Gasteiger partial charge in [0, 0.05) is 25.1 Å². The number of ketones is 1. The number of aryl methyl sites for hydroxylation is 1.